The van der Waals surface area contributed by atoms with Gasteiger partial charge < -0.3 is 14.6 Å². The van der Waals surface area contributed by atoms with Gasteiger partial charge in [0.1, 0.15) is 5.75 Å². The largest absolute Gasteiger partial charge is 0.496 e. The van der Waals surface area contributed by atoms with Crippen molar-refractivity contribution in [2.75, 3.05) is 19.4 Å². The second kappa shape index (κ2) is 9.18. The summed E-state index contributed by atoms with van der Waals surface area (Å²) in [6.07, 6.45) is 5.02. The number of methoxy groups -OCH3 is 1. The zero-order valence-corrected chi connectivity index (χ0v) is 17.3. The lowest BCUT2D eigenvalue weighted by atomic mass is 10.1. The van der Waals surface area contributed by atoms with Crippen LogP contribution in [-0.4, -0.2) is 34.9 Å². The molecule has 1 aliphatic rings. The van der Waals surface area contributed by atoms with Crippen LogP contribution in [0.5, 0.6) is 5.75 Å². The summed E-state index contributed by atoms with van der Waals surface area (Å²) in [5.74, 6) is 1.25. The van der Waals surface area contributed by atoms with Gasteiger partial charge in [0.25, 0.3) is 0 Å². The third kappa shape index (κ3) is 4.82. The second-order valence-corrected chi connectivity index (χ2v) is 8.04. The first-order chi connectivity index (χ1) is 14.3. The van der Waals surface area contributed by atoms with E-state index in [1.165, 1.54) is 30.2 Å². The molecule has 0 bridgehead atoms. The van der Waals surface area contributed by atoms with Crippen molar-refractivity contribution in [1.29, 1.82) is 0 Å². The predicted octanol–water partition coefficient (Wildman–Crippen LogP) is 4.34. The minimum atomic E-state index is 0.0245. The van der Waals surface area contributed by atoms with Crippen LogP contribution in [-0.2, 0) is 11.2 Å². The Morgan fingerprint density at radius 1 is 1.17 bits per heavy atom. The van der Waals surface area contributed by atoms with E-state index in [2.05, 4.69) is 27.0 Å². The SMILES string of the molecule is COc1ccccc1CCNC(=O)CSc1ncc(-c2ccccc2)n1C1CC1. The van der Waals surface area contributed by atoms with Crippen LogP contribution >= 0.6 is 11.8 Å². The molecule has 3 aromatic rings. The van der Waals surface area contributed by atoms with Crippen LogP contribution in [0.15, 0.2) is 66.0 Å². The lowest BCUT2D eigenvalue weighted by molar-refractivity contribution is -0.118. The second-order valence-electron chi connectivity index (χ2n) is 7.09. The predicted molar refractivity (Wildman–Crippen MR) is 116 cm³/mol. The molecule has 1 aliphatic carbocycles. The van der Waals surface area contributed by atoms with Crippen molar-refractivity contribution in [2.24, 2.45) is 0 Å². The highest BCUT2D eigenvalue weighted by atomic mass is 32.2. The lowest BCUT2D eigenvalue weighted by Crippen LogP contribution is -2.27. The lowest BCUT2D eigenvalue weighted by Gasteiger charge is -2.11. The molecule has 1 amide bonds. The van der Waals surface area contributed by atoms with Crippen LogP contribution in [0, 0.1) is 0 Å². The Morgan fingerprint density at radius 3 is 2.69 bits per heavy atom. The monoisotopic (exact) mass is 407 g/mol. The Labute approximate surface area is 175 Å². The molecule has 0 saturated heterocycles. The number of hydrogen-bond acceptors (Lipinski definition) is 4. The van der Waals surface area contributed by atoms with Gasteiger partial charge in [-0.05, 0) is 36.5 Å². The molecule has 0 radical (unpaired) electrons. The van der Waals surface area contributed by atoms with Gasteiger partial charge in [0, 0.05) is 12.6 Å². The van der Waals surface area contributed by atoms with Gasteiger partial charge in [0.2, 0.25) is 5.91 Å². The van der Waals surface area contributed by atoms with Crippen LogP contribution in [0.4, 0.5) is 0 Å². The van der Waals surface area contributed by atoms with E-state index in [4.69, 9.17) is 4.74 Å². The van der Waals surface area contributed by atoms with Crippen molar-refractivity contribution in [3.05, 3.63) is 66.4 Å². The smallest absolute Gasteiger partial charge is 0.230 e. The molecule has 1 heterocycles. The summed E-state index contributed by atoms with van der Waals surface area (Å²) in [5.41, 5.74) is 3.40. The van der Waals surface area contributed by atoms with Gasteiger partial charge in [0.15, 0.2) is 5.16 Å². The Morgan fingerprint density at radius 2 is 1.93 bits per heavy atom. The maximum Gasteiger partial charge on any atom is 0.230 e. The van der Waals surface area contributed by atoms with E-state index in [0.717, 1.165) is 28.6 Å². The molecule has 1 N–H and O–H groups in total. The minimum absolute atomic E-state index is 0.0245. The van der Waals surface area contributed by atoms with E-state index in [0.29, 0.717) is 18.3 Å². The average Bonchev–Trinajstić information content (AvgIpc) is 3.52. The fraction of sp³-hybridized carbons (Fsp3) is 0.304. The molecular weight excluding hydrogens is 382 g/mol. The number of hydrogen-bond donors (Lipinski definition) is 1. The number of imidazole rings is 1. The highest BCUT2D eigenvalue weighted by molar-refractivity contribution is 7.99. The number of para-hydroxylation sites is 1. The number of amides is 1. The van der Waals surface area contributed by atoms with Crippen molar-refractivity contribution >= 4 is 17.7 Å². The molecular formula is C23H25N3O2S. The Bertz CT molecular complexity index is 967. The first-order valence-corrected chi connectivity index (χ1v) is 10.9. The van der Waals surface area contributed by atoms with E-state index in [1.807, 2.05) is 48.7 Å². The van der Waals surface area contributed by atoms with Gasteiger partial charge in [-0.15, -0.1) is 0 Å². The van der Waals surface area contributed by atoms with Crippen molar-refractivity contribution < 1.29 is 9.53 Å². The number of rotatable bonds is 9. The van der Waals surface area contributed by atoms with Crippen LogP contribution in [0.25, 0.3) is 11.3 Å². The number of benzene rings is 2. The van der Waals surface area contributed by atoms with Crippen molar-refractivity contribution in [2.45, 2.75) is 30.5 Å². The van der Waals surface area contributed by atoms with E-state index in [1.54, 1.807) is 7.11 Å². The summed E-state index contributed by atoms with van der Waals surface area (Å²) in [4.78, 5) is 16.9. The van der Waals surface area contributed by atoms with Crippen molar-refractivity contribution in [3.8, 4) is 17.0 Å². The molecule has 1 fully saturated rings. The summed E-state index contributed by atoms with van der Waals surface area (Å²) in [5, 5.41) is 3.93. The summed E-state index contributed by atoms with van der Waals surface area (Å²) in [6, 6.07) is 18.7. The third-order valence-electron chi connectivity index (χ3n) is 4.99. The molecule has 6 heteroatoms. The number of carbonyl (C=O) groups excluding carboxylic acids is 1. The number of ether oxygens (including phenoxy) is 1. The molecule has 0 unspecified atom stereocenters. The van der Waals surface area contributed by atoms with Gasteiger partial charge in [-0.2, -0.15) is 0 Å². The number of thioether (sulfide) groups is 1. The van der Waals surface area contributed by atoms with Gasteiger partial charge in [-0.25, -0.2) is 4.98 Å². The molecule has 0 aliphatic heterocycles. The molecule has 2 aromatic carbocycles. The molecule has 1 saturated carbocycles. The zero-order chi connectivity index (χ0) is 20.1. The first-order valence-electron chi connectivity index (χ1n) is 9.90. The molecule has 150 valence electrons. The molecule has 1 aromatic heterocycles. The van der Waals surface area contributed by atoms with Gasteiger partial charge in [0.05, 0.1) is 24.8 Å². The quantitative estimate of drug-likeness (QED) is 0.536. The standard InChI is InChI=1S/C23H25N3O2S/c1-28-21-10-6-5-9-18(21)13-14-24-22(27)16-29-23-25-15-20(26(23)19-11-12-19)17-7-3-2-4-8-17/h2-10,15,19H,11-14,16H2,1H3,(H,24,27). The summed E-state index contributed by atoms with van der Waals surface area (Å²) in [7, 11) is 1.67. The van der Waals surface area contributed by atoms with Gasteiger partial charge in [-0.1, -0.05) is 60.3 Å². The number of aromatic nitrogens is 2. The number of nitrogens with zero attached hydrogens (tertiary/aromatic N) is 2. The summed E-state index contributed by atoms with van der Waals surface area (Å²) in [6.45, 7) is 0.589. The Hall–Kier alpha value is -2.73. The van der Waals surface area contributed by atoms with Gasteiger partial charge >= 0.3 is 0 Å². The average molecular weight is 408 g/mol. The zero-order valence-electron chi connectivity index (χ0n) is 16.5. The first kappa shape index (κ1) is 19.6. The maximum atomic E-state index is 12.3. The minimum Gasteiger partial charge on any atom is -0.496 e. The van der Waals surface area contributed by atoms with Crippen LogP contribution in [0.3, 0.4) is 0 Å². The molecule has 29 heavy (non-hydrogen) atoms. The highest BCUT2D eigenvalue weighted by Gasteiger charge is 2.29. The Kier molecular flexibility index (Phi) is 6.20. The number of nitrogens with one attached hydrogen (secondary N) is 1. The topological polar surface area (TPSA) is 56.1 Å². The van der Waals surface area contributed by atoms with E-state index in [9.17, 15) is 4.79 Å². The molecule has 4 rings (SSSR count). The maximum absolute atomic E-state index is 12.3. The van der Waals surface area contributed by atoms with E-state index < -0.39 is 0 Å². The third-order valence-corrected chi connectivity index (χ3v) is 5.95. The fourth-order valence-corrected chi connectivity index (χ4v) is 4.26. The fourth-order valence-electron chi connectivity index (χ4n) is 3.39. The van der Waals surface area contributed by atoms with Crippen molar-refractivity contribution in [1.82, 2.24) is 14.9 Å². The highest BCUT2D eigenvalue weighted by Crippen LogP contribution is 2.41. The number of carbonyl (C=O) groups is 1. The molecule has 5 nitrogen and oxygen atoms in total. The van der Waals surface area contributed by atoms with E-state index >= 15 is 0 Å². The molecule has 0 spiro atoms. The Balaban J connectivity index is 1.33. The van der Waals surface area contributed by atoms with Crippen molar-refractivity contribution in [3.63, 3.8) is 0 Å². The molecule has 0 atom stereocenters. The van der Waals surface area contributed by atoms with Crippen LogP contribution < -0.4 is 10.1 Å². The van der Waals surface area contributed by atoms with Crippen LogP contribution in [0.2, 0.25) is 0 Å². The summed E-state index contributed by atoms with van der Waals surface area (Å²) >= 11 is 1.51. The normalized spacial score (nSPS) is 13.3. The summed E-state index contributed by atoms with van der Waals surface area (Å²) < 4.78 is 7.65. The van der Waals surface area contributed by atoms with E-state index in [-0.39, 0.29) is 5.91 Å². The van der Waals surface area contributed by atoms with Crippen LogP contribution in [0.1, 0.15) is 24.4 Å². The van der Waals surface area contributed by atoms with Gasteiger partial charge in [-0.3, -0.25) is 4.79 Å².